The normalized spacial score (nSPS) is 12.8. The summed E-state index contributed by atoms with van der Waals surface area (Å²) < 4.78 is 0. The summed E-state index contributed by atoms with van der Waals surface area (Å²) in [7, 11) is 1.00. The molecule has 0 saturated carbocycles. The van der Waals surface area contributed by atoms with Gasteiger partial charge in [-0.1, -0.05) is 49.6 Å². The number of aliphatic hydroxyl groups is 3. The standard InChI is InChI=1S/C22H27NO2.CH4O/c1-6-8-19(9-7-2)20-10-12-21(13-11-20)23-17(4)14-22(25)18(5)16(3)15-24;1-2/h6-14,23-25H,1,4,15H2,2-3,5H3;2H,1H3/b9-7-,18-16-,19-8+,22-14+;. The average molecular weight is 370 g/mol. The van der Waals surface area contributed by atoms with E-state index in [-0.39, 0.29) is 12.4 Å². The van der Waals surface area contributed by atoms with Crippen molar-refractivity contribution in [3.05, 3.63) is 96.0 Å². The van der Waals surface area contributed by atoms with Crippen LogP contribution in [0.3, 0.4) is 0 Å². The molecular formula is C23H31NO3. The number of hydrogen-bond donors (Lipinski definition) is 4. The Morgan fingerprint density at radius 3 is 2.22 bits per heavy atom. The molecule has 0 heterocycles. The van der Waals surface area contributed by atoms with Crippen LogP contribution in [0, 0.1) is 0 Å². The zero-order chi connectivity index (χ0) is 20.8. The summed E-state index contributed by atoms with van der Waals surface area (Å²) in [6.07, 6.45) is 9.29. The molecule has 146 valence electrons. The van der Waals surface area contributed by atoms with Gasteiger partial charge in [-0.2, -0.15) is 0 Å². The lowest BCUT2D eigenvalue weighted by atomic mass is 10.0. The summed E-state index contributed by atoms with van der Waals surface area (Å²) in [6.45, 7) is 13.1. The fourth-order valence-corrected chi connectivity index (χ4v) is 2.13. The summed E-state index contributed by atoms with van der Waals surface area (Å²) in [4.78, 5) is 0. The molecule has 0 aromatic heterocycles. The highest BCUT2D eigenvalue weighted by molar-refractivity contribution is 5.76. The van der Waals surface area contributed by atoms with E-state index in [9.17, 15) is 5.11 Å². The summed E-state index contributed by atoms with van der Waals surface area (Å²) in [5, 5.41) is 29.3. The van der Waals surface area contributed by atoms with Crippen molar-refractivity contribution in [3.8, 4) is 0 Å². The van der Waals surface area contributed by atoms with Gasteiger partial charge < -0.3 is 20.6 Å². The molecule has 0 spiro atoms. The van der Waals surface area contributed by atoms with E-state index in [2.05, 4.69) is 18.5 Å². The molecule has 0 amide bonds. The first-order chi connectivity index (χ1) is 12.9. The van der Waals surface area contributed by atoms with Crippen LogP contribution in [0.4, 0.5) is 5.69 Å². The molecule has 1 aromatic rings. The second kappa shape index (κ2) is 13.4. The van der Waals surface area contributed by atoms with Crippen molar-refractivity contribution in [3.63, 3.8) is 0 Å². The van der Waals surface area contributed by atoms with Crippen LogP contribution >= 0.6 is 0 Å². The van der Waals surface area contributed by atoms with Crippen LogP contribution < -0.4 is 5.32 Å². The molecule has 27 heavy (non-hydrogen) atoms. The van der Waals surface area contributed by atoms with E-state index in [1.807, 2.05) is 49.4 Å². The zero-order valence-corrected chi connectivity index (χ0v) is 16.7. The highest BCUT2D eigenvalue weighted by Gasteiger charge is 2.03. The number of nitrogens with one attached hydrogen (secondary N) is 1. The maximum atomic E-state index is 10.1. The van der Waals surface area contributed by atoms with Gasteiger partial charge in [0.25, 0.3) is 0 Å². The van der Waals surface area contributed by atoms with Crippen molar-refractivity contribution in [2.45, 2.75) is 20.8 Å². The maximum absolute atomic E-state index is 10.1. The van der Waals surface area contributed by atoms with Gasteiger partial charge in [0.1, 0.15) is 5.76 Å². The highest BCUT2D eigenvalue weighted by atomic mass is 16.3. The minimum absolute atomic E-state index is 0.0855. The molecule has 0 atom stereocenters. The fraction of sp³-hybridized carbons (Fsp3) is 0.217. The van der Waals surface area contributed by atoms with E-state index in [4.69, 9.17) is 10.2 Å². The molecule has 1 aromatic carbocycles. The molecule has 4 N–H and O–H groups in total. The van der Waals surface area contributed by atoms with Crippen LogP contribution in [0.1, 0.15) is 26.3 Å². The zero-order valence-electron chi connectivity index (χ0n) is 16.7. The van der Waals surface area contributed by atoms with Gasteiger partial charge in [-0.05, 0) is 55.2 Å². The first-order valence-corrected chi connectivity index (χ1v) is 8.57. The Hall–Kier alpha value is -2.82. The molecule has 1 rings (SSSR count). The van der Waals surface area contributed by atoms with E-state index in [1.165, 1.54) is 0 Å². The predicted octanol–water partition coefficient (Wildman–Crippen LogP) is 5.14. The first-order valence-electron chi connectivity index (χ1n) is 8.57. The predicted molar refractivity (Wildman–Crippen MR) is 117 cm³/mol. The minimum Gasteiger partial charge on any atom is -0.508 e. The van der Waals surface area contributed by atoms with E-state index < -0.39 is 0 Å². The number of hydrogen-bond acceptors (Lipinski definition) is 4. The topological polar surface area (TPSA) is 72.7 Å². The number of anilines is 1. The summed E-state index contributed by atoms with van der Waals surface area (Å²) in [5.41, 5.74) is 4.97. The van der Waals surface area contributed by atoms with Gasteiger partial charge in [-0.25, -0.2) is 0 Å². The molecule has 0 aliphatic heterocycles. The summed E-state index contributed by atoms with van der Waals surface area (Å²) in [5.74, 6) is 0.0879. The largest absolute Gasteiger partial charge is 0.508 e. The Bertz CT molecular complexity index is 735. The molecule has 0 radical (unpaired) electrons. The van der Waals surface area contributed by atoms with E-state index >= 15 is 0 Å². The lowest BCUT2D eigenvalue weighted by Crippen LogP contribution is -1.99. The van der Waals surface area contributed by atoms with Crippen LogP contribution in [0.25, 0.3) is 5.57 Å². The molecule has 0 bridgehead atoms. The lowest BCUT2D eigenvalue weighted by molar-refractivity contribution is 0.328. The number of allylic oxidation sites excluding steroid dienone is 7. The number of benzene rings is 1. The molecular weight excluding hydrogens is 338 g/mol. The molecule has 0 aliphatic rings. The van der Waals surface area contributed by atoms with Crippen molar-refractivity contribution in [1.29, 1.82) is 0 Å². The van der Waals surface area contributed by atoms with Gasteiger partial charge in [0, 0.05) is 24.6 Å². The first kappa shape index (κ1) is 24.2. The van der Waals surface area contributed by atoms with Crippen molar-refractivity contribution >= 4 is 11.3 Å². The van der Waals surface area contributed by atoms with Crippen LogP contribution in [-0.2, 0) is 0 Å². The molecule has 0 fully saturated rings. The Kier molecular flexibility index (Phi) is 12.0. The second-order valence-electron chi connectivity index (χ2n) is 5.68. The Balaban J connectivity index is 0.00000326. The number of aliphatic hydroxyl groups excluding tert-OH is 3. The Labute approximate surface area is 162 Å². The van der Waals surface area contributed by atoms with Crippen molar-refractivity contribution in [2.24, 2.45) is 0 Å². The van der Waals surface area contributed by atoms with Gasteiger partial charge >= 0.3 is 0 Å². The molecule has 0 saturated heterocycles. The molecule has 0 aliphatic carbocycles. The molecule has 4 heteroatoms. The van der Waals surface area contributed by atoms with Crippen molar-refractivity contribution in [2.75, 3.05) is 19.0 Å². The van der Waals surface area contributed by atoms with Gasteiger partial charge in [-0.15, -0.1) is 0 Å². The Morgan fingerprint density at radius 1 is 1.15 bits per heavy atom. The second-order valence-corrected chi connectivity index (χ2v) is 5.68. The van der Waals surface area contributed by atoms with E-state index in [0.29, 0.717) is 11.3 Å². The van der Waals surface area contributed by atoms with Crippen LogP contribution in [-0.4, -0.2) is 29.0 Å². The summed E-state index contributed by atoms with van der Waals surface area (Å²) in [6, 6.07) is 7.92. The van der Waals surface area contributed by atoms with Crippen LogP contribution in [0.15, 0.2) is 90.4 Å². The van der Waals surface area contributed by atoms with Crippen molar-refractivity contribution < 1.29 is 15.3 Å². The number of rotatable bonds is 8. The SMILES string of the molecule is C=C/C=C(\C=C/C)c1ccc(NC(=C)/C=C(O)\C(C)=C(\C)CO)cc1.CO. The van der Waals surface area contributed by atoms with Gasteiger partial charge in [0.15, 0.2) is 0 Å². The van der Waals surface area contributed by atoms with Crippen molar-refractivity contribution in [1.82, 2.24) is 0 Å². The average Bonchev–Trinajstić information content (AvgIpc) is 2.68. The fourth-order valence-electron chi connectivity index (χ4n) is 2.13. The highest BCUT2D eigenvalue weighted by Crippen LogP contribution is 2.20. The molecule has 4 nitrogen and oxygen atoms in total. The van der Waals surface area contributed by atoms with E-state index in [1.54, 1.807) is 26.0 Å². The quantitative estimate of drug-likeness (QED) is 0.378. The van der Waals surface area contributed by atoms with E-state index in [0.717, 1.165) is 29.5 Å². The maximum Gasteiger partial charge on any atom is 0.120 e. The smallest absolute Gasteiger partial charge is 0.120 e. The molecule has 0 unspecified atom stereocenters. The third-order valence-electron chi connectivity index (χ3n) is 3.74. The van der Waals surface area contributed by atoms with Crippen LogP contribution in [0.5, 0.6) is 0 Å². The van der Waals surface area contributed by atoms with Crippen LogP contribution in [0.2, 0.25) is 0 Å². The van der Waals surface area contributed by atoms with Gasteiger partial charge in [0.05, 0.1) is 6.61 Å². The monoisotopic (exact) mass is 369 g/mol. The Morgan fingerprint density at radius 2 is 1.74 bits per heavy atom. The third-order valence-corrected chi connectivity index (χ3v) is 3.74. The third kappa shape index (κ3) is 8.40. The lowest BCUT2D eigenvalue weighted by Gasteiger charge is -2.10. The summed E-state index contributed by atoms with van der Waals surface area (Å²) >= 11 is 0. The van der Waals surface area contributed by atoms with Gasteiger partial charge in [0.2, 0.25) is 0 Å². The minimum atomic E-state index is -0.0855. The van der Waals surface area contributed by atoms with Gasteiger partial charge in [-0.3, -0.25) is 0 Å².